The molecule has 0 saturated carbocycles. The highest BCUT2D eigenvalue weighted by Crippen LogP contribution is 2.23. The summed E-state index contributed by atoms with van der Waals surface area (Å²) in [6.45, 7) is 3.97. The minimum atomic E-state index is -0.218. The van der Waals surface area contributed by atoms with Gasteiger partial charge in [0, 0.05) is 13.2 Å². The van der Waals surface area contributed by atoms with E-state index in [4.69, 9.17) is 5.73 Å². The van der Waals surface area contributed by atoms with Crippen LogP contribution in [-0.4, -0.2) is 15.7 Å². The lowest BCUT2D eigenvalue weighted by Crippen LogP contribution is -2.17. The molecule has 0 bridgehead atoms. The number of hydrogen-bond acceptors (Lipinski definition) is 3. The number of amides is 1. The van der Waals surface area contributed by atoms with Crippen LogP contribution in [0.25, 0.3) is 0 Å². The van der Waals surface area contributed by atoms with Crippen molar-refractivity contribution in [3.63, 3.8) is 0 Å². The molecule has 5 nitrogen and oxygen atoms in total. The largest absolute Gasteiger partial charge is 0.397 e. The molecule has 2 aromatic rings. The summed E-state index contributed by atoms with van der Waals surface area (Å²) in [6.07, 6.45) is 1.58. The minimum Gasteiger partial charge on any atom is -0.397 e. The zero-order valence-corrected chi connectivity index (χ0v) is 10.7. The Labute approximate surface area is 106 Å². The first-order valence-corrected chi connectivity index (χ1v) is 5.65. The Bertz CT molecular complexity index is 601. The Kier molecular flexibility index (Phi) is 3.06. The summed E-state index contributed by atoms with van der Waals surface area (Å²) in [5.74, 6) is -0.218. The molecule has 18 heavy (non-hydrogen) atoms. The fourth-order valence-corrected chi connectivity index (χ4v) is 1.73. The number of nitrogens with one attached hydrogen (secondary N) is 1. The van der Waals surface area contributed by atoms with E-state index in [0.717, 1.165) is 11.1 Å². The van der Waals surface area contributed by atoms with Crippen molar-refractivity contribution in [2.24, 2.45) is 7.05 Å². The quantitative estimate of drug-likeness (QED) is 0.792. The van der Waals surface area contributed by atoms with Gasteiger partial charge in [0.05, 0.1) is 11.4 Å². The normalized spacial score (nSPS) is 10.4. The van der Waals surface area contributed by atoms with E-state index in [9.17, 15) is 4.79 Å². The van der Waals surface area contributed by atoms with Crippen LogP contribution in [0.1, 0.15) is 21.6 Å². The van der Waals surface area contributed by atoms with Crippen LogP contribution in [-0.2, 0) is 7.05 Å². The third kappa shape index (κ3) is 2.20. The maximum Gasteiger partial charge on any atom is 0.273 e. The third-order valence-corrected chi connectivity index (χ3v) is 2.97. The summed E-state index contributed by atoms with van der Waals surface area (Å²) in [7, 11) is 1.72. The highest BCUT2D eigenvalue weighted by Gasteiger charge is 2.12. The average molecular weight is 244 g/mol. The predicted octanol–water partition coefficient (Wildman–Crippen LogP) is 1.87. The van der Waals surface area contributed by atoms with E-state index in [1.54, 1.807) is 19.3 Å². The molecule has 0 unspecified atom stereocenters. The van der Waals surface area contributed by atoms with Crippen molar-refractivity contribution in [3.8, 4) is 0 Å². The number of rotatable bonds is 2. The Morgan fingerprint density at radius 3 is 2.61 bits per heavy atom. The van der Waals surface area contributed by atoms with Crippen molar-refractivity contribution in [3.05, 3.63) is 41.2 Å². The Morgan fingerprint density at radius 1 is 1.33 bits per heavy atom. The molecule has 0 fully saturated rings. The number of benzene rings is 1. The van der Waals surface area contributed by atoms with Crippen LogP contribution in [0.5, 0.6) is 0 Å². The lowest BCUT2D eigenvalue weighted by atomic mass is 10.1. The molecule has 3 N–H and O–H groups in total. The summed E-state index contributed by atoms with van der Waals surface area (Å²) in [5, 5.41) is 6.75. The molecule has 1 amide bonds. The van der Waals surface area contributed by atoms with Gasteiger partial charge in [-0.2, -0.15) is 5.10 Å². The maximum absolute atomic E-state index is 12.0. The van der Waals surface area contributed by atoms with Crippen LogP contribution in [0, 0.1) is 13.8 Å². The first kappa shape index (κ1) is 12.2. The second-order valence-corrected chi connectivity index (χ2v) is 4.32. The average Bonchev–Trinajstić information content (AvgIpc) is 2.72. The van der Waals surface area contributed by atoms with Gasteiger partial charge in [-0.05, 0) is 43.2 Å². The van der Waals surface area contributed by atoms with Gasteiger partial charge in [0.1, 0.15) is 5.69 Å². The highest BCUT2D eigenvalue weighted by atomic mass is 16.2. The molecule has 94 valence electrons. The molecule has 2 rings (SSSR count). The number of carbonyl (C=O) groups excluding carboxylic acids is 1. The Morgan fingerprint density at radius 2 is 2.00 bits per heavy atom. The second kappa shape index (κ2) is 4.52. The van der Waals surface area contributed by atoms with Gasteiger partial charge in [-0.15, -0.1) is 0 Å². The molecule has 1 aromatic carbocycles. The summed E-state index contributed by atoms with van der Waals surface area (Å²) in [6, 6.07) is 5.39. The maximum atomic E-state index is 12.0. The molecule has 0 aliphatic rings. The topological polar surface area (TPSA) is 72.9 Å². The number of hydrogen-bond donors (Lipinski definition) is 2. The van der Waals surface area contributed by atoms with Crippen molar-refractivity contribution in [1.29, 1.82) is 0 Å². The monoisotopic (exact) mass is 244 g/mol. The van der Waals surface area contributed by atoms with Crippen LogP contribution in [0.4, 0.5) is 11.4 Å². The Balaban J connectivity index is 2.28. The smallest absolute Gasteiger partial charge is 0.273 e. The molecule has 0 atom stereocenters. The number of nitrogens with zero attached hydrogens (tertiary/aromatic N) is 2. The van der Waals surface area contributed by atoms with E-state index in [1.807, 2.05) is 26.0 Å². The minimum absolute atomic E-state index is 0.218. The van der Waals surface area contributed by atoms with Gasteiger partial charge < -0.3 is 11.1 Å². The summed E-state index contributed by atoms with van der Waals surface area (Å²) in [5.41, 5.74) is 9.77. The standard InChI is InChI=1S/C13H16N4O/c1-8-6-10(14)11(7-9(8)2)16-13(18)12-4-5-15-17(12)3/h4-7H,14H2,1-3H3,(H,16,18). The molecule has 1 aromatic heterocycles. The summed E-state index contributed by atoms with van der Waals surface area (Å²) < 4.78 is 1.52. The van der Waals surface area contributed by atoms with E-state index in [2.05, 4.69) is 10.4 Å². The van der Waals surface area contributed by atoms with Gasteiger partial charge in [0.15, 0.2) is 0 Å². The van der Waals surface area contributed by atoms with Crippen molar-refractivity contribution in [1.82, 2.24) is 9.78 Å². The Hall–Kier alpha value is -2.30. The van der Waals surface area contributed by atoms with Crippen molar-refractivity contribution >= 4 is 17.3 Å². The molecule has 0 saturated heterocycles. The van der Waals surface area contributed by atoms with Gasteiger partial charge in [-0.1, -0.05) is 0 Å². The van der Waals surface area contributed by atoms with Gasteiger partial charge in [0.25, 0.3) is 5.91 Å². The number of anilines is 2. The zero-order valence-electron chi connectivity index (χ0n) is 10.7. The van der Waals surface area contributed by atoms with Crippen LogP contribution >= 0.6 is 0 Å². The first-order chi connectivity index (χ1) is 8.49. The van der Waals surface area contributed by atoms with Crippen molar-refractivity contribution in [2.75, 3.05) is 11.1 Å². The summed E-state index contributed by atoms with van der Waals surface area (Å²) in [4.78, 5) is 12.0. The summed E-state index contributed by atoms with van der Waals surface area (Å²) >= 11 is 0. The SMILES string of the molecule is Cc1cc(N)c(NC(=O)c2ccnn2C)cc1C. The van der Waals surface area contributed by atoms with E-state index < -0.39 is 0 Å². The molecule has 0 radical (unpaired) electrons. The van der Waals surface area contributed by atoms with E-state index in [-0.39, 0.29) is 5.91 Å². The second-order valence-electron chi connectivity index (χ2n) is 4.32. The predicted molar refractivity (Wildman–Crippen MR) is 71.5 cm³/mol. The van der Waals surface area contributed by atoms with E-state index in [1.165, 1.54) is 4.68 Å². The zero-order chi connectivity index (χ0) is 13.3. The molecule has 1 heterocycles. The molecule has 5 heteroatoms. The number of aryl methyl sites for hydroxylation is 3. The third-order valence-electron chi connectivity index (χ3n) is 2.97. The number of nitrogens with two attached hydrogens (primary N) is 1. The van der Waals surface area contributed by atoms with Crippen molar-refractivity contribution < 1.29 is 4.79 Å². The lowest BCUT2D eigenvalue weighted by Gasteiger charge is -2.11. The van der Waals surface area contributed by atoms with Crippen LogP contribution in [0.3, 0.4) is 0 Å². The van der Waals surface area contributed by atoms with Crippen molar-refractivity contribution in [2.45, 2.75) is 13.8 Å². The van der Waals surface area contributed by atoms with Crippen LogP contribution < -0.4 is 11.1 Å². The van der Waals surface area contributed by atoms with Gasteiger partial charge in [0.2, 0.25) is 0 Å². The van der Waals surface area contributed by atoms with Gasteiger partial charge in [-0.25, -0.2) is 0 Å². The number of nitrogen functional groups attached to an aromatic ring is 1. The van der Waals surface area contributed by atoms with Gasteiger partial charge in [-0.3, -0.25) is 9.48 Å². The lowest BCUT2D eigenvalue weighted by molar-refractivity contribution is 0.101. The molecule has 0 aliphatic heterocycles. The van der Waals surface area contributed by atoms with Crippen LogP contribution in [0.15, 0.2) is 24.4 Å². The molecular formula is C13H16N4O. The number of carbonyl (C=O) groups is 1. The van der Waals surface area contributed by atoms with E-state index >= 15 is 0 Å². The molecule has 0 spiro atoms. The molecular weight excluding hydrogens is 228 g/mol. The number of aromatic nitrogens is 2. The van der Waals surface area contributed by atoms with Crippen LogP contribution in [0.2, 0.25) is 0 Å². The highest BCUT2D eigenvalue weighted by molar-refractivity contribution is 6.04. The van der Waals surface area contributed by atoms with E-state index in [0.29, 0.717) is 17.1 Å². The fraction of sp³-hybridized carbons (Fsp3) is 0.231. The fourth-order valence-electron chi connectivity index (χ4n) is 1.73. The van der Waals surface area contributed by atoms with Gasteiger partial charge >= 0.3 is 0 Å². The molecule has 0 aliphatic carbocycles. The first-order valence-electron chi connectivity index (χ1n) is 5.65.